The number of hydrogen-bond acceptors (Lipinski definition) is 19. The van der Waals surface area contributed by atoms with Crippen LogP contribution in [0.5, 0.6) is 0 Å². The minimum absolute atomic E-state index is 0.0192. The SMILES string of the molecule is CCOC(=O)c1c(N2CCN(C(=O)c3cc(C)on3)CC2)c2ccccc2n(C)c1=O.CCOC(=O)c1c(N2CCN(C(=O)c3cccs3)CC2)c2ccccc2n(CC(C)(C)C)c1=O.CCOC(=O)c1c(N2CCN(C(=O)c3cccs3)CC2)c2ccccc2n(CC(F)(F)F)c1=O. The van der Waals surface area contributed by atoms with Gasteiger partial charge in [0.25, 0.3) is 34.4 Å². The lowest BCUT2D eigenvalue weighted by atomic mass is 9.96. The summed E-state index contributed by atoms with van der Waals surface area (Å²) in [6, 6.07) is 30.2. The summed E-state index contributed by atoms with van der Waals surface area (Å²) in [4.78, 5) is 129. The normalized spacial score (nSPS) is 14.4. The van der Waals surface area contributed by atoms with Gasteiger partial charge in [-0.15, -0.1) is 22.7 Å². The Kier molecular flexibility index (Phi) is 22.3. The fourth-order valence-corrected chi connectivity index (χ4v) is 13.9. The van der Waals surface area contributed by atoms with Crippen LogP contribution in [0, 0.1) is 12.3 Å². The molecule has 12 rings (SSSR count). The van der Waals surface area contributed by atoms with E-state index in [2.05, 4.69) is 30.8 Å². The molecule has 0 spiro atoms. The average Bonchev–Trinajstić information content (AvgIpc) is 1.07. The van der Waals surface area contributed by atoms with Crippen molar-refractivity contribution < 1.29 is 60.7 Å². The number of para-hydroxylation sites is 3. The first-order valence-corrected chi connectivity index (χ1v) is 34.2. The number of fused-ring (bicyclic) bond motifs is 3. The smallest absolute Gasteiger partial charge is 0.406 e. The zero-order valence-electron chi connectivity index (χ0n) is 56.2. The lowest BCUT2D eigenvalue weighted by Gasteiger charge is -2.37. The molecule has 3 saturated heterocycles. The number of halogens is 3. The molecule has 3 aliphatic rings. The second-order valence-electron chi connectivity index (χ2n) is 24.8. The summed E-state index contributed by atoms with van der Waals surface area (Å²) in [6.45, 7) is 17.3. The molecule has 6 aromatic heterocycles. The summed E-state index contributed by atoms with van der Waals surface area (Å²) in [7, 11) is 1.65. The predicted octanol–water partition coefficient (Wildman–Crippen LogP) is 9.99. The highest BCUT2D eigenvalue weighted by Crippen LogP contribution is 2.36. The van der Waals surface area contributed by atoms with E-state index in [1.807, 2.05) is 81.2 Å². The van der Waals surface area contributed by atoms with E-state index in [0.29, 0.717) is 117 Å². The van der Waals surface area contributed by atoms with Gasteiger partial charge in [-0.05, 0) is 74.2 Å². The molecule has 0 saturated carbocycles. The van der Waals surface area contributed by atoms with Crippen molar-refractivity contribution >= 4 is 108 Å². The number of aromatic nitrogens is 4. The van der Waals surface area contributed by atoms with Crippen molar-refractivity contribution in [2.45, 2.75) is 67.7 Å². The van der Waals surface area contributed by atoms with Gasteiger partial charge < -0.3 is 57.3 Å². The summed E-state index contributed by atoms with van der Waals surface area (Å²) in [5, 5.41) is 9.49. The van der Waals surface area contributed by atoms with Gasteiger partial charge in [0.05, 0.1) is 63.2 Å². The molecule has 28 heteroatoms. The summed E-state index contributed by atoms with van der Waals surface area (Å²) in [6.07, 6.45) is -4.66. The minimum Gasteiger partial charge on any atom is -0.462 e. The number of pyridine rings is 3. The van der Waals surface area contributed by atoms with Crippen LogP contribution in [0.3, 0.4) is 0 Å². The van der Waals surface area contributed by atoms with E-state index < -0.39 is 47.3 Å². The lowest BCUT2D eigenvalue weighted by Crippen LogP contribution is -2.49. The van der Waals surface area contributed by atoms with Gasteiger partial charge in [-0.2, -0.15) is 13.2 Å². The molecule has 0 aliphatic carbocycles. The maximum absolute atomic E-state index is 13.7. The molecule has 0 unspecified atom stereocenters. The first-order valence-electron chi connectivity index (χ1n) is 32.5. The zero-order valence-corrected chi connectivity index (χ0v) is 57.9. The Labute approximate surface area is 575 Å². The van der Waals surface area contributed by atoms with Crippen LogP contribution < -0.4 is 31.4 Å². The first kappa shape index (κ1) is 71.7. The third-order valence-electron chi connectivity index (χ3n) is 16.9. The molecule has 0 bridgehead atoms. The number of ether oxygens (including phenoxy) is 3. The van der Waals surface area contributed by atoms with Crippen LogP contribution in [0.2, 0.25) is 0 Å². The molecule has 522 valence electrons. The second-order valence-corrected chi connectivity index (χ2v) is 26.7. The quantitative estimate of drug-likeness (QED) is 0.0726. The number of anilines is 3. The third-order valence-corrected chi connectivity index (χ3v) is 18.7. The Balaban J connectivity index is 0.000000161. The number of nitrogens with zero attached hydrogens (tertiary/aromatic N) is 10. The highest BCUT2D eigenvalue weighted by Gasteiger charge is 2.37. The summed E-state index contributed by atoms with van der Waals surface area (Å²) in [5.74, 6) is -1.92. The summed E-state index contributed by atoms with van der Waals surface area (Å²) < 4.78 is 64.2. The number of hydrogen-bond donors (Lipinski definition) is 0. The number of thiophene rings is 2. The number of carbonyl (C=O) groups excluding carboxylic acids is 6. The van der Waals surface area contributed by atoms with E-state index in [-0.39, 0.29) is 76.5 Å². The molecular formula is C71H77F3N10O13S2. The molecule has 9 aromatic rings. The van der Waals surface area contributed by atoms with Gasteiger partial charge in [-0.3, -0.25) is 33.3 Å². The zero-order chi connectivity index (χ0) is 71.0. The molecule has 23 nitrogen and oxygen atoms in total. The van der Waals surface area contributed by atoms with Crippen molar-refractivity contribution in [3.05, 3.63) is 183 Å². The number of esters is 3. The fourth-order valence-electron chi connectivity index (χ4n) is 12.5. The van der Waals surface area contributed by atoms with Crippen LogP contribution >= 0.6 is 22.7 Å². The fraction of sp³-hybridized carbons (Fsp3) is 0.380. The van der Waals surface area contributed by atoms with Crippen LogP contribution in [0.15, 0.2) is 133 Å². The third kappa shape index (κ3) is 15.8. The molecule has 9 heterocycles. The molecule has 3 amide bonds. The second kappa shape index (κ2) is 30.8. The maximum atomic E-state index is 13.7. The lowest BCUT2D eigenvalue weighted by molar-refractivity contribution is -0.140. The van der Waals surface area contributed by atoms with Gasteiger partial charge in [0.2, 0.25) is 0 Å². The molecule has 3 fully saturated rings. The summed E-state index contributed by atoms with van der Waals surface area (Å²) in [5.41, 5.74) is 0.991. The average molecular weight is 1400 g/mol. The van der Waals surface area contributed by atoms with E-state index in [1.54, 1.807) is 90.4 Å². The standard InChI is InChI=1S/C26H31N3O4S.C23H22F3N3O4S.C22H24N4O5/c1-5-33-25(32)21-22(27-12-14-28(15-13-27)23(30)20-11-8-16-34-20)18-9-6-7-10-19(18)29(24(21)31)17-26(2,3)4;1-2-33-22(32)18-19(27-9-11-28(12-10-27)20(30)17-8-5-13-34-17)15-6-3-4-7-16(15)29(21(18)31)14-23(24,25)26;1-4-30-22(29)18-19(15-7-5-6-8-17(15)24(3)21(18)28)25-9-11-26(12-10-25)20(27)16-13-14(2)31-23-16/h6-11,16H,5,12-15,17H2,1-4H3;3-8,13H,2,9-12,14H2,1H3;5-8,13H,4,9-12H2,1-3H3. The van der Waals surface area contributed by atoms with Crippen LogP contribution in [0.1, 0.15) is 108 Å². The number of aryl methyl sites for hydroxylation is 2. The molecule has 3 aromatic carbocycles. The molecular weight excluding hydrogens is 1320 g/mol. The highest BCUT2D eigenvalue weighted by molar-refractivity contribution is 7.12. The number of alkyl halides is 3. The van der Waals surface area contributed by atoms with Crippen molar-refractivity contribution in [2.24, 2.45) is 12.5 Å². The highest BCUT2D eigenvalue weighted by atomic mass is 32.1. The van der Waals surface area contributed by atoms with E-state index >= 15 is 0 Å². The topological polar surface area (TPSA) is 242 Å². The number of carbonyl (C=O) groups is 6. The number of rotatable bonds is 14. The number of benzene rings is 3. The maximum Gasteiger partial charge on any atom is 0.406 e. The first-order chi connectivity index (χ1) is 47.3. The summed E-state index contributed by atoms with van der Waals surface area (Å²) >= 11 is 2.77. The monoisotopic (exact) mass is 1400 g/mol. The van der Waals surface area contributed by atoms with Gasteiger partial charge in [0.15, 0.2) is 5.69 Å². The van der Waals surface area contributed by atoms with Gasteiger partial charge in [-0.1, -0.05) is 92.7 Å². The van der Waals surface area contributed by atoms with Crippen LogP contribution in [-0.4, -0.2) is 174 Å². The Morgan fingerprint density at radius 2 is 0.838 bits per heavy atom. The predicted molar refractivity (Wildman–Crippen MR) is 373 cm³/mol. The van der Waals surface area contributed by atoms with E-state index in [0.717, 1.165) is 26.7 Å². The van der Waals surface area contributed by atoms with Gasteiger partial charge >= 0.3 is 24.1 Å². The van der Waals surface area contributed by atoms with E-state index in [4.69, 9.17) is 18.7 Å². The van der Waals surface area contributed by atoms with Gasteiger partial charge in [0.1, 0.15) is 29.0 Å². The molecule has 3 aliphatic heterocycles. The number of amides is 3. The van der Waals surface area contributed by atoms with Crippen molar-refractivity contribution in [3.63, 3.8) is 0 Å². The van der Waals surface area contributed by atoms with Crippen molar-refractivity contribution in [3.8, 4) is 0 Å². The molecule has 0 N–H and O–H groups in total. The van der Waals surface area contributed by atoms with Crippen molar-refractivity contribution in [2.75, 3.05) is 113 Å². The van der Waals surface area contributed by atoms with E-state index in [1.165, 1.54) is 33.3 Å². The van der Waals surface area contributed by atoms with Crippen molar-refractivity contribution in [1.29, 1.82) is 0 Å². The van der Waals surface area contributed by atoms with Crippen LogP contribution in [0.4, 0.5) is 30.2 Å². The Morgan fingerprint density at radius 3 is 1.18 bits per heavy atom. The Bertz CT molecular complexity index is 4450. The minimum atomic E-state index is -4.66. The molecule has 0 atom stereocenters. The van der Waals surface area contributed by atoms with Crippen LogP contribution in [-0.2, 0) is 34.3 Å². The van der Waals surface area contributed by atoms with Crippen LogP contribution in [0.25, 0.3) is 32.7 Å². The number of piperazine rings is 3. The van der Waals surface area contributed by atoms with Gasteiger partial charge in [-0.25, -0.2) is 14.4 Å². The van der Waals surface area contributed by atoms with E-state index in [9.17, 15) is 56.3 Å². The van der Waals surface area contributed by atoms with Crippen molar-refractivity contribution in [1.82, 2.24) is 33.6 Å². The Morgan fingerprint density at radius 1 is 0.485 bits per heavy atom. The van der Waals surface area contributed by atoms with Gasteiger partial charge in [0, 0.05) is 114 Å². The Hall–Kier alpha value is -10.1. The largest absolute Gasteiger partial charge is 0.462 e. The molecule has 0 radical (unpaired) electrons. The molecule has 99 heavy (non-hydrogen) atoms.